The van der Waals surface area contributed by atoms with Gasteiger partial charge in [-0.3, -0.25) is 4.98 Å². The number of hydrogen-bond donors (Lipinski definition) is 1. The van der Waals surface area contributed by atoms with Crippen LogP contribution in [-0.4, -0.2) is 10.1 Å². The fraction of sp³-hybridized carbons (Fsp3) is 0.200. The van der Waals surface area contributed by atoms with Crippen LogP contribution in [0.25, 0.3) is 0 Å². The van der Waals surface area contributed by atoms with Crippen molar-refractivity contribution in [2.45, 2.75) is 17.9 Å². The van der Waals surface area contributed by atoms with Gasteiger partial charge in [0.1, 0.15) is 17.3 Å². The summed E-state index contributed by atoms with van der Waals surface area (Å²) < 4.78 is 56.5. The number of pyridine rings is 1. The number of hydrogen-bond acceptors (Lipinski definition) is 3. The van der Waals surface area contributed by atoms with E-state index in [1.165, 1.54) is 18.2 Å². The SMILES string of the molecule is N#CCC(O)(c1ccccc1F)C(F)(F)c1nccc(F)c1Br. The lowest BCUT2D eigenvalue weighted by Gasteiger charge is -2.34. The van der Waals surface area contributed by atoms with Crippen molar-refractivity contribution in [2.75, 3.05) is 0 Å². The van der Waals surface area contributed by atoms with Gasteiger partial charge in [0.15, 0.2) is 5.60 Å². The summed E-state index contributed by atoms with van der Waals surface area (Å²) in [6.45, 7) is 0. The number of benzene rings is 1. The van der Waals surface area contributed by atoms with Gasteiger partial charge in [-0.1, -0.05) is 18.2 Å². The smallest absolute Gasteiger partial charge is 0.324 e. The van der Waals surface area contributed by atoms with Crippen molar-refractivity contribution in [1.82, 2.24) is 4.98 Å². The zero-order valence-corrected chi connectivity index (χ0v) is 13.0. The number of rotatable bonds is 4. The Kier molecular flexibility index (Phi) is 4.73. The van der Waals surface area contributed by atoms with Crippen molar-refractivity contribution in [1.29, 1.82) is 5.26 Å². The highest BCUT2D eigenvalue weighted by atomic mass is 79.9. The molecule has 0 aliphatic heterocycles. The van der Waals surface area contributed by atoms with Crippen molar-refractivity contribution in [3.63, 3.8) is 0 Å². The maximum atomic E-state index is 14.9. The molecule has 120 valence electrons. The summed E-state index contributed by atoms with van der Waals surface area (Å²) in [4.78, 5) is 3.39. The van der Waals surface area contributed by atoms with Crippen molar-refractivity contribution < 1.29 is 22.7 Å². The Morgan fingerprint density at radius 3 is 2.43 bits per heavy atom. The summed E-state index contributed by atoms with van der Waals surface area (Å²) in [6, 6.07) is 6.56. The fourth-order valence-electron chi connectivity index (χ4n) is 2.12. The molecule has 0 bridgehead atoms. The summed E-state index contributed by atoms with van der Waals surface area (Å²) >= 11 is 2.65. The minimum Gasteiger partial charge on any atom is -0.377 e. The van der Waals surface area contributed by atoms with Crippen LogP contribution in [0.1, 0.15) is 17.7 Å². The zero-order valence-electron chi connectivity index (χ0n) is 11.4. The molecule has 2 aromatic rings. The highest BCUT2D eigenvalue weighted by molar-refractivity contribution is 9.10. The summed E-state index contributed by atoms with van der Waals surface area (Å²) in [7, 11) is 0. The van der Waals surface area contributed by atoms with Gasteiger partial charge in [0.05, 0.1) is 17.0 Å². The number of aliphatic hydroxyl groups is 1. The molecule has 3 nitrogen and oxygen atoms in total. The highest BCUT2D eigenvalue weighted by Gasteiger charge is 2.58. The lowest BCUT2D eigenvalue weighted by atomic mass is 9.82. The fourth-order valence-corrected chi connectivity index (χ4v) is 2.60. The molecule has 0 saturated carbocycles. The third-order valence-electron chi connectivity index (χ3n) is 3.31. The van der Waals surface area contributed by atoms with Crippen molar-refractivity contribution in [2.24, 2.45) is 0 Å². The summed E-state index contributed by atoms with van der Waals surface area (Å²) in [5.74, 6) is -6.37. The third-order valence-corrected chi connectivity index (χ3v) is 4.07. The number of nitriles is 1. The van der Waals surface area contributed by atoms with E-state index in [-0.39, 0.29) is 0 Å². The Bertz CT molecular complexity index is 778. The predicted molar refractivity (Wildman–Crippen MR) is 76.3 cm³/mol. The van der Waals surface area contributed by atoms with Gasteiger partial charge in [0.25, 0.3) is 0 Å². The second kappa shape index (κ2) is 6.26. The van der Waals surface area contributed by atoms with E-state index < -0.39 is 45.3 Å². The first-order chi connectivity index (χ1) is 10.8. The largest absolute Gasteiger partial charge is 0.377 e. The lowest BCUT2D eigenvalue weighted by Crippen LogP contribution is -2.44. The van der Waals surface area contributed by atoms with Crippen LogP contribution in [0.4, 0.5) is 17.6 Å². The average molecular weight is 389 g/mol. The molecule has 1 N–H and O–H groups in total. The van der Waals surface area contributed by atoms with E-state index in [2.05, 4.69) is 20.9 Å². The minimum atomic E-state index is -4.23. The van der Waals surface area contributed by atoms with Gasteiger partial charge in [-0.05, 0) is 28.1 Å². The normalized spacial score (nSPS) is 14.1. The number of alkyl halides is 2. The molecule has 1 aromatic carbocycles. The van der Waals surface area contributed by atoms with E-state index in [9.17, 15) is 22.7 Å². The maximum Gasteiger partial charge on any atom is 0.324 e. The molecule has 0 radical (unpaired) electrons. The lowest BCUT2D eigenvalue weighted by molar-refractivity contribution is -0.197. The average Bonchev–Trinajstić information content (AvgIpc) is 2.50. The molecule has 23 heavy (non-hydrogen) atoms. The summed E-state index contributed by atoms with van der Waals surface area (Å²) in [5.41, 5.74) is -5.11. The van der Waals surface area contributed by atoms with Gasteiger partial charge in [-0.25, -0.2) is 8.78 Å². The molecular weight excluding hydrogens is 380 g/mol. The molecule has 2 rings (SSSR count). The zero-order chi connectivity index (χ0) is 17.3. The van der Waals surface area contributed by atoms with E-state index in [1.807, 2.05) is 0 Å². The summed E-state index contributed by atoms with van der Waals surface area (Å²) in [5, 5.41) is 19.3. The molecule has 0 spiro atoms. The molecule has 0 amide bonds. The van der Waals surface area contributed by atoms with Crippen LogP contribution in [0.2, 0.25) is 0 Å². The summed E-state index contributed by atoms with van der Waals surface area (Å²) in [6.07, 6.45) is -0.330. The highest BCUT2D eigenvalue weighted by Crippen LogP contribution is 2.49. The second-order valence-electron chi connectivity index (χ2n) is 4.70. The minimum absolute atomic E-state index is 0.669. The Hall–Kier alpha value is -1.98. The Balaban J connectivity index is 2.72. The first kappa shape index (κ1) is 17.4. The number of halogens is 5. The topological polar surface area (TPSA) is 56.9 Å². The van der Waals surface area contributed by atoms with Crippen LogP contribution in [0.5, 0.6) is 0 Å². The Morgan fingerprint density at radius 1 is 1.17 bits per heavy atom. The monoisotopic (exact) mass is 388 g/mol. The molecule has 1 heterocycles. The van der Waals surface area contributed by atoms with Crippen molar-refractivity contribution >= 4 is 15.9 Å². The van der Waals surface area contributed by atoms with Crippen LogP contribution in [0.3, 0.4) is 0 Å². The molecule has 0 fully saturated rings. The van der Waals surface area contributed by atoms with Gasteiger partial charge < -0.3 is 5.11 Å². The molecule has 0 saturated heterocycles. The van der Waals surface area contributed by atoms with E-state index in [1.54, 1.807) is 0 Å². The van der Waals surface area contributed by atoms with E-state index >= 15 is 0 Å². The Labute approximate surface area is 137 Å². The van der Waals surface area contributed by atoms with Crippen molar-refractivity contribution in [3.8, 4) is 6.07 Å². The molecule has 8 heteroatoms. The van der Waals surface area contributed by atoms with Crippen molar-refractivity contribution in [3.05, 3.63) is 63.9 Å². The molecular formula is C15H9BrF4N2O. The van der Waals surface area contributed by atoms with Crippen LogP contribution in [0, 0.1) is 23.0 Å². The maximum absolute atomic E-state index is 14.9. The Morgan fingerprint density at radius 2 is 1.83 bits per heavy atom. The molecule has 0 aliphatic rings. The third kappa shape index (κ3) is 2.82. The van der Waals surface area contributed by atoms with Gasteiger partial charge in [0.2, 0.25) is 0 Å². The van der Waals surface area contributed by atoms with Gasteiger partial charge in [-0.2, -0.15) is 14.0 Å². The van der Waals surface area contributed by atoms with E-state index in [0.717, 1.165) is 24.4 Å². The molecule has 0 aliphatic carbocycles. The molecule has 1 aromatic heterocycles. The van der Waals surface area contributed by atoms with Crippen LogP contribution < -0.4 is 0 Å². The van der Waals surface area contributed by atoms with Crippen LogP contribution in [-0.2, 0) is 11.5 Å². The number of nitrogens with zero attached hydrogens (tertiary/aromatic N) is 2. The first-order valence-corrected chi connectivity index (χ1v) is 7.07. The van der Waals surface area contributed by atoms with E-state index in [0.29, 0.717) is 0 Å². The van der Waals surface area contributed by atoms with E-state index in [4.69, 9.17) is 5.26 Å². The molecule has 1 unspecified atom stereocenters. The first-order valence-electron chi connectivity index (χ1n) is 6.28. The van der Waals surface area contributed by atoms with Gasteiger partial charge in [-0.15, -0.1) is 0 Å². The van der Waals surface area contributed by atoms with Gasteiger partial charge in [0, 0.05) is 11.8 Å². The number of aromatic nitrogens is 1. The standard InChI is InChI=1S/C15H9BrF4N2O/c16-12-11(18)5-8-22-13(12)15(19,20)14(23,6-7-21)9-3-1-2-4-10(9)17/h1-5,8,23H,6H2. The quantitative estimate of drug-likeness (QED) is 0.804. The van der Waals surface area contributed by atoms with Crippen LogP contribution >= 0.6 is 15.9 Å². The second-order valence-corrected chi connectivity index (χ2v) is 5.50. The van der Waals surface area contributed by atoms with Gasteiger partial charge >= 0.3 is 5.92 Å². The predicted octanol–water partition coefficient (Wildman–Crippen LogP) is 4.02. The van der Waals surface area contributed by atoms with Crippen LogP contribution in [0.15, 0.2) is 41.0 Å². The molecule has 1 atom stereocenters.